The molecular formula is C29H59F2GeN3Zr. The van der Waals surface area contributed by atoms with E-state index in [1.807, 2.05) is 0 Å². The van der Waals surface area contributed by atoms with Crippen molar-refractivity contribution >= 4 is 19.7 Å². The van der Waals surface area contributed by atoms with Crippen molar-refractivity contribution in [2.45, 2.75) is 83.1 Å². The van der Waals surface area contributed by atoms with Gasteiger partial charge in [0.2, 0.25) is 0 Å². The Balaban J connectivity index is -0.000000188. The molecule has 0 amide bonds. The number of rotatable bonds is 13. The first kappa shape index (κ1) is 43.6. The third kappa shape index (κ3) is 44.5. The van der Waals surface area contributed by atoms with Crippen LogP contribution in [0.3, 0.4) is 0 Å². The molecule has 3 nitrogen and oxygen atoms in total. The largest absolute Gasteiger partial charge is 4.00 e. The molecule has 0 atom stereocenters. The van der Waals surface area contributed by atoms with Gasteiger partial charge < -0.3 is 16.0 Å². The summed E-state index contributed by atoms with van der Waals surface area (Å²) in [6.07, 6.45) is 0. The summed E-state index contributed by atoms with van der Waals surface area (Å²) in [7, 11) is 0. The molecule has 1 aromatic rings. The second-order valence-electron chi connectivity index (χ2n) is 11.6. The van der Waals surface area contributed by atoms with Crippen molar-refractivity contribution in [1.82, 2.24) is 0 Å². The molecule has 0 aliphatic heterocycles. The van der Waals surface area contributed by atoms with E-state index < -0.39 is 15.3 Å². The van der Waals surface area contributed by atoms with Crippen molar-refractivity contribution in [3.05, 3.63) is 40.2 Å². The van der Waals surface area contributed by atoms with Gasteiger partial charge in [-0.15, -0.1) is 39.3 Å². The molecule has 0 aliphatic carbocycles. The number of hydrogen-bond donors (Lipinski definition) is 0. The van der Waals surface area contributed by atoms with Crippen LogP contribution in [0.4, 0.5) is 7.00 Å². The Morgan fingerprint density at radius 1 is 0.500 bits per heavy atom. The Bertz CT molecular complexity index is 442. The smallest absolute Gasteiger partial charge is 4.00 e. The summed E-state index contributed by atoms with van der Waals surface area (Å²) in [5, 5.41) is 13.1. The van der Waals surface area contributed by atoms with Gasteiger partial charge in [0.1, 0.15) is 0 Å². The molecule has 0 aliphatic rings. The fourth-order valence-electron chi connectivity index (χ4n) is 2.31. The number of hydrogen-bond acceptors (Lipinski definition) is 0. The minimum Gasteiger partial charge on any atom is 4.00 e. The van der Waals surface area contributed by atoms with Crippen LogP contribution in [0.5, 0.6) is 0 Å². The number of nitrogens with zero attached hydrogens (tertiary/aromatic N) is 3. The Kier molecular flexibility index (Phi) is 36.4. The number of halogens is 2. The Hall–Kier alpha value is 0.516. The van der Waals surface area contributed by atoms with Gasteiger partial charge >= 0.3 is 77.1 Å². The summed E-state index contributed by atoms with van der Waals surface area (Å²) < 4.78 is 23.9. The molecule has 36 heavy (non-hydrogen) atoms. The maximum absolute atomic E-state index is 11.8. The normalized spacial score (nSPS) is 10.8. The van der Waals surface area contributed by atoms with Gasteiger partial charge in [0, 0.05) is 0 Å². The summed E-state index contributed by atoms with van der Waals surface area (Å²) >= 11 is -3.89. The van der Waals surface area contributed by atoms with E-state index in [-0.39, 0.29) is 30.6 Å². The van der Waals surface area contributed by atoms with Gasteiger partial charge in [0.25, 0.3) is 0 Å². The Morgan fingerprint density at radius 2 is 0.694 bits per heavy atom. The maximum atomic E-state index is 11.8. The molecule has 0 unspecified atom stereocenters. The molecule has 1 rings (SSSR count). The van der Waals surface area contributed by atoms with Crippen LogP contribution in [0, 0.1) is 35.5 Å². The van der Waals surface area contributed by atoms with Crippen LogP contribution in [0.15, 0.2) is 24.3 Å². The summed E-state index contributed by atoms with van der Waals surface area (Å²) in [6.45, 7) is 32.5. The van der Waals surface area contributed by atoms with Gasteiger partial charge in [-0.1, -0.05) is 119 Å². The summed E-state index contributed by atoms with van der Waals surface area (Å²) in [4.78, 5) is 0. The maximum Gasteiger partial charge on any atom is 4.00 e. The molecule has 0 bridgehead atoms. The predicted octanol–water partition coefficient (Wildman–Crippen LogP) is 8.79. The summed E-state index contributed by atoms with van der Waals surface area (Å²) in [5.74, 6) is 4.35. The molecule has 0 radical (unpaired) electrons. The average molecular weight is 652 g/mol. The standard InChI is InChI=1S/3C8H18N.C5H5F2Ge.Zr/c3*1-7(2)5-9-6-8(3)4;6-8(7)5-3-1-2-4-5;/h3*7-8H,5-6H2,1-4H3;1-4,8H;/q4*-1;+4. The molecule has 0 N–H and O–H groups in total. The van der Waals surface area contributed by atoms with Crippen molar-refractivity contribution in [2.24, 2.45) is 35.5 Å². The quantitative estimate of drug-likeness (QED) is 0.151. The molecule has 1 aromatic carbocycles. The van der Waals surface area contributed by atoms with E-state index in [0.717, 1.165) is 74.8 Å². The van der Waals surface area contributed by atoms with E-state index >= 15 is 0 Å². The van der Waals surface area contributed by atoms with Crippen molar-refractivity contribution in [2.75, 3.05) is 39.3 Å². The van der Waals surface area contributed by atoms with Crippen LogP contribution < -0.4 is 4.40 Å². The predicted molar refractivity (Wildman–Crippen MR) is 159 cm³/mol. The topological polar surface area (TPSA) is 42.3 Å². The molecule has 7 heteroatoms. The van der Waals surface area contributed by atoms with Crippen LogP contribution in [-0.2, 0) is 26.2 Å². The molecule has 0 aromatic heterocycles. The van der Waals surface area contributed by atoms with E-state index in [0.29, 0.717) is 0 Å². The van der Waals surface area contributed by atoms with Crippen molar-refractivity contribution in [3.63, 3.8) is 0 Å². The first-order valence-corrected chi connectivity index (χ1v) is 16.6. The van der Waals surface area contributed by atoms with E-state index in [4.69, 9.17) is 0 Å². The van der Waals surface area contributed by atoms with Crippen LogP contribution in [-0.4, -0.2) is 54.5 Å². The molecular weight excluding hydrogens is 592 g/mol. The van der Waals surface area contributed by atoms with E-state index in [1.165, 1.54) is 12.1 Å². The average Bonchev–Trinajstić information content (AvgIpc) is 3.23. The van der Waals surface area contributed by atoms with E-state index in [2.05, 4.69) is 99.0 Å². The van der Waals surface area contributed by atoms with E-state index in [1.54, 1.807) is 12.1 Å². The fourth-order valence-corrected chi connectivity index (χ4v) is 3.38. The van der Waals surface area contributed by atoms with Crippen molar-refractivity contribution < 1.29 is 33.2 Å². The Labute approximate surface area is 249 Å². The summed E-state index contributed by atoms with van der Waals surface area (Å²) in [5.41, 5.74) is 0. The van der Waals surface area contributed by atoms with Gasteiger partial charge in [-0.3, -0.25) is 0 Å². The minimum absolute atomic E-state index is 0. The van der Waals surface area contributed by atoms with E-state index in [9.17, 15) is 7.00 Å². The third-order valence-corrected chi connectivity index (χ3v) is 5.77. The molecule has 0 saturated heterocycles. The summed E-state index contributed by atoms with van der Waals surface area (Å²) in [6, 6.07) is 6.27. The molecule has 212 valence electrons. The molecule has 0 fully saturated rings. The van der Waals surface area contributed by atoms with Gasteiger partial charge in [0.15, 0.2) is 0 Å². The first-order chi connectivity index (χ1) is 16.2. The van der Waals surface area contributed by atoms with Gasteiger partial charge in [-0.25, -0.2) is 0 Å². The van der Waals surface area contributed by atoms with Crippen LogP contribution in [0.25, 0.3) is 16.0 Å². The Morgan fingerprint density at radius 3 is 0.806 bits per heavy atom. The van der Waals surface area contributed by atoms with Gasteiger partial charge in [-0.2, -0.15) is 0 Å². The molecule has 0 saturated carbocycles. The zero-order valence-electron chi connectivity index (χ0n) is 25.7. The monoisotopic (exact) mass is 651 g/mol. The zero-order valence-corrected chi connectivity index (χ0v) is 30.6. The van der Waals surface area contributed by atoms with Crippen LogP contribution in [0.2, 0.25) is 0 Å². The first-order valence-electron chi connectivity index (χ1n) is 13.6. The fraction of sp³-hybridized carbons (Fsp3) is 0.828. The van der Waals surface area contributed by atoms with Gasteiger partial charge in [-0.05, 0) is 0 Å². The third-order valence-electron chi connectivity index (χ3n) is 3.91. The second-order valence-corrected chi connectivity index (χ2v) is 14.3. The minimum atomic E-state index is -3.89. The van der Waals surface area contributed by atoms with Crippen molar-refractivity contribution in [3.8, 4) is 0 Å². The zero-order chi connectivity index (χ0) is 27.8. The van der Waals surface area contributed by atoms with Crippen LogP contribution in [0.1, 0.15) is 83.1 Å². The van der Waals surface area contributed by atoms with Gasteiger partial charge in [0.05, 0.1) is 0 Å². The second kappa shape index (κ2) is 30.1. The SMILES string of the molecule is CC(C)C[N-]CC(C)C.CC(C)C[N-]CC(C)C.CC(C)C[N-]CC(C)C.[F][GeH]([F])[c-]1cccc1.[Zr+4]. The molecule has 0 spiro atoms. The molecule has 0 heterocycles. The van der Waals surface area contributed by atoms with Crippen molar-refractivity contribution in [1.29, 1.82) is 0 Å². The van der Waals surface area contributed by atoms with Crippen LogP contribution >= 0.6 is 0 Å².